The average Bonchev–Trinajstić information content (AvgIpc) is 2.63. The van der Waals surface area contributed by atoms with Crippen LogP contribution in [0.4, 0.5) is 0 Å². The molecule has 3 rings (SSSR count). The minimum absolute atomic E-state index is 0.482. The number of halogens is 2. The fraction of sp³-hybridized carbons (Fsp3) is 0.150. The molecule has 128 valence electrons. The molecule has 2 aromatic carbocycles. The van der Waals surface area contributed by atoms with Gasteiger partial charge in [-0.2, -0.15) is 0 Å². The van der Waals surface area contributed by atoms with Gasteiger partial charge in [-0.15, -0.1) is 0 Å². The molecule has 0 spiro atoms. The van der Waals surface area contributed by atoms with Crippen LogP contribution in [0.3, 0.4) is 0 Å². The minimum atomic E-state index is 0.482. The lowest BCUT2D eigenvalue weighted by Crippen LogP contribution is -2.13. The molecule has 0 atom stereocenters. The van der Waals surface area contributed by atoms with Gasteiger partial charge in [0.25, 0.3) is 0 Å². The molecule has 0 saturated heterocycles. The topological polar surface area (TPSA) is 34.1 Å². The van der Waals surface area contributed by atoms with E-state index in [0.717, 1.165) is 28.4 Å². The van der Waals surface area contributed by atoms with Crippen molar-refractivity contribution in [3.8, 4) is 5.75 Å². The molecule has 3 nitrogen and oxygen atoms in total. The normalized spacial score (nSPS) is 10.6. The van der Waals surface area contributed by atoms with Crippen LogP contribution in [-0.2, 0) is 19.7 Å². The Balaban J connectivity index is 1.62. The average molecular weight is 373 g/mol. The summed E-state index contributed by atoms with van der Waals surface area (Å²) in [5.41, 5.74) is 3.27. The maximum atomic E-state index is 6.14. The highest BCUT2D eigenvalue weighted by molar-refractivity contribution is 6.30. The van der Waals surface area contributed by atoms with Crippen LogP contribution in [0.25, 0.3) is 0 Å². The van der Waals surface area contributed by atoms with Crippen molar-refractivity contribution >= 4 is 23.2 Å². The maximum absolute atomic E-state index is 6.14. The Morgan fingerprint density at radius 1 is 0.800 bits per heavy atom. The summed E-state index contributed by atoms with van der Waals surface area (Å²) in [5, 5.41) is 4.82. The number of nitrogens with one attached hydrogen (secondary N) is 1. The molecule has 0 amide bonds. The van der Waals surface area contributed by atoms with Gasteiger partial charge < -0.3 is 10.1 Å². The predicted molar refractivity (Wildman–Crippen MR) is 102 cm³/mol. The molecule has 0 aliphatic rings. The van der Waals surface area contributed by atoms with Gasteiger partial charge in [-0.1, -0.05) is 35.3 Å². The molecule has 0 unspecified atom stereocenters. The van der Waals surface area contributed by atoms with Gasteiger partial charge in [0.2, 0.25) is 0 Å². The number of rotatable bonds is 7. The van der Waals surface area contributed by atoms with Gasteiger partial charge in [0.1, 0.15) is 12.4 Å². The van der Waals surface area contributed by atoms with E-state index in [4.69, 9.17) is 27.9 Å². The zero-order valence-corrected chi connectivity index (χ0v) is 15.1. The fourth-order valence-corrected chi connectivity index (χ4v) is 2.73. The van der Waals surface area contributed by atoms with Gasteiger partial charge >= 0.3 is 0 Å². The highest BCUT2D eigenvalue weighted by Crippen LogP contribution is 2.24. The van der Waals surface area contributed by atoms with Crippen LogP contribution in [0.1, 0.15) is 16.7 Å². The van der Waals surface area contributed by atoms with Crippen LogP contribution >= 0.6 is 23.2 Å². The molecule has 0 saturated carbocycles. The first-order valence-corrected chi connectivity index (χ1v) is 8.71. The molecule has 25 heavy (non-hydrogen) atoms. The number of ether oxygens (including phenoxy) is 1. The Labute approximate surface area is 157 Å². The second-order valence-corrected chi connectivity index (χ2v) is 6.50. The number of hydrogen-bond acceptors (Lipinski definition) is 3. The third kappa shape index (κ3) is 5.46. The van der Waals surface area contributed by atoms with Crippen molar-refractivity contribution in [3.05, 3.63) is 93.7 Å². The number of pyridine rings is 1. The molecule has 0 fully saturated rings. The van der Waals surface area contributed by atoms with Gasteiger partial charge in [0, 0.05) is 41.1 Å². The Hall–Kier alpha value is -2.07. The number of benzene rings is 2. The lowest BCUT2D eigenvalue weighted by Gasteiger charge is -2.13. The molecule has 0 radical (unpaired) electrons. The summed E-state index contributed by atoms with van der Waals surface area (Å²) >= 11 is 12.1. The quantitative estimate of drug-likeness (QED) is 0.614. The molecule has 5 heteroatoms. The van der Waals surface area contributed by atoms with Gasteiger partial charge in [0.05, 0.1) is 0 Å². The molecule has 0 bridgehead atoms. The van der Waals surface area contributed by atoms with E-state index < -0.39 is 0 Å². The van der Waals surface area contributed by atoms with Gasteiger partial charge in [-0.25, -0.2) is 0 Å². The molecule has 0 aliphatic carbocycles. The molecule has 1 aromatic heterocycles. The molecular formula is C20H18Cl2N2O. The van der Waals surface area contributed by atoms with Crippen LogP contribution in [-0.4, -0.2) is 4.98 Å². The second kappa shape index (κ2) is 8.86. The zero-order valence-electron chi connectivity index (χ0n) is 13.6. The largest absolute Gasteiger partial charge is 0.489 e. The van der Waals surface area contributed by atoms with Crippen LogP contribution in [0, 0.1) is 0 Å². The van der Waals surface area contributed by atoms with Crippen LogP contribution in [0.5, 0.6) is 5.75 Å². The van der Waals surface area contributed by atoms with E-state index in [2.05, 4.69) is 10.3 Å². The van der Waals surface area contributed by atoms with Crippen molar-refractivity contribution in [2.75, 3.05) is 0 Å². The molecule has 0 aliphatic heterocycles. The van der Waals surface area contributed by atoms with E-state index in [1.807, 2.05) is 54.6 Å². The number of nitrogens with zero attached hydrogens (tertiary/aromatic N) is 1. The SMILES string of the molecule is Clc1ccc(COc2ccc(Cl)cc2CNCc2ccncc2)cc1. The van der Waals surface area contributed by atoms with Crippen molar-refractivity contribution in [3.63, 3.8) is 0 Å². The van der Waals surface area contributed by atoms with E-state index in [9.17, 15) is 0 Å². The standard InChI is InChI=1S/C20H18Cl2N2O/c21-18-3-1-16(2-4-18)14-25-20-6-5-19(22)11-17(20)13-24-12-15-7-9-23-10-8-15/h1-11,24H,12-14H2. The monoisotopic (exact) mass is 372 g/mol. The Bertz CT molecular complexity index is 808. The van der Waals surface area contributed by atoms with E-state index in [-0.39, 0.29) is 0 Å². The van der Waals surface area contributed by atoms with Crippen LogP contribution in [0.15, 0.2) is 67.0 Å². The van der Waals surface area contributed by atoms with E-state index >= 15 is 0 Å². The van der Waals surface area contributed by atoms with Crippen LogP contribution < -0.4 is 10.1 Å². The van der Waals surface area contributed by atoms with Crippen molar-refractivity contribution in [2.24, 2.45) is 0 Å². The number of aromatic nitrogens is 1. The summed E-state index contributed by atoms with van der Waals surface area (Å²) in [7, 11) is 0. The third-order valence-corrected chi connectivity index (χ3v) is 4.21. The second-order valence-electron chi connectivity index (χ2n) is 5.63. The van der Waals surface area contributed by atoms with Gasteiger partial charge in [-0.3, -0.25) is 4.98 Å². The van der Waals surface area contributed by atoms with E-state index in [1.165, 1.54) is 5.56 Å². The predicted octanol–water partition coefficient (Wildman–Crippen LogP) is 5.26. The maximum Gasteiger partial charge on any atom is 0.124 e. The van der Waals surface area contributed by atoms with Crippen molar-refractivity contribution in [1.82, 2.24) is 10.3 Å². The van der Waals surface area contributed by atoms with Gasteiger partial charge in [0.15, 0.2) is 0 Å². The Kier molecular flexibility index (Phi) is 6.29. The summed E-state index contributed by atoms with van der Waals surface area (Å²) in [4.78, 5) is 4.02. The van der Waals surface area contributed by atoms with Gasteiger partial charge in [-0.05, 0) is 53.6 Å². The Morgan fingerprint density at radius 3 is 2.28 bits per heavy atom. The first kappa shape index (κ1) is 17.7. The van der Waals surface area contributed by atoms with Crippen LogP contribution in [0.2, 0.25) is 10.0 Å². The summed E-state index contributed by atoms with van der Waals surface area (Å²) in [6, 6.07) is 17.3. The van der Waals surface area contributed by atoms with E-state index in [0.29, 0.717) is 18.2 Å². The summed E-state index contributed by atoms with van der Waals surface area (Å²) in [6.45, 7) is 1.90. The van der Waals surface area contributed by atoms with E-state index in [1.54, 1.807) is 12.4 Å². The summed E-state index contributed by atoms with van der Waals surface area (Å²) < 4.78 is 5.97. The number of hydrogen-bond donors (Lipinski definition) is 1. The lowest BCUT2D eigenvalue weighted by atomic mass is 10.2. The first-order chi connectivity index (χ1) is 12.2. The zero-order chi connectivity index (χ0) is 17.5. The first-order valence-electron chi connectivity index (χ1n) is 7.96. The molecule has 1 N–H and O–H groups in total. The van der Waals surface area contributed by atoms with Crippen molar-refractivity contribution in [2.45, 2.75) is 19.7 Å². The highest BCUT2D eigenvalue weighted by Gasteiger charge is 2.06. The summed E-state index contributed by atoms with van der Waals surface area (Å²) in [5.74, 6) is 0.821. The summed E-state index contributed by atoms with van der Waals surface area (Å²) in [6.07, 6.45) is 3.58. The minimum Gasteiger partial charge on any atom is -0.489 e. The Morgan fingerprint density at radius 2 is 1.52 bits per heavy atom. The molecule has 1 heterocycles. The molecule has 3 aromatic rings. The smallest absolute Gasteiger partial charge is 0.124 e. The van der Waals surface area contributed by atoms with Crippen molar-refractivity contribution < 1.29 is 4.74 Å². The molecular weight excluding hydrogens is 355 g/mol. The van der Waals surface area contributed by atoms with Crippen molar-refractivity contribution in [1.29, 1.82) is 0 Å². The highest BCUT2D eigenvalue weighted by atomic mass is 35.5. The lowest BCUT2D eigenvalue weighted by molar-refractivity contribution is 0.302. The third-order valence-electron chi connectivity index (χ3n) is 3.72. The fourth-order valence-electron chi connectivity index (χ4n) is 2.41.